The lowest BCUT2D eigenvalue weighted by Crippen LogP contribution is -2.44. The first kappa shape index (κ1) is 15.9. The summed E-state index contributed by atoms with van der Waals surface area (Å²) >= 11 is 0. The van der Waals surface area contributed by atoms with Crippen molar-refractivity contribution in [2.45, 2.75) is 58.5 Å². The lowest BCUT2D eigenvalue weighted by molar-refractivity contribution is 0.156. The molecule has 0 spiro atoms. The summed E-state index contributed by atoms with van der Waals surface area (Å²) in [5.41, 5.74) is -0.116. The van der Waals surface area contributed by atoms with Gasteiger partial charge in [-0.15, -0.1) is 0 Å². The predicted molar refractivity (Wildman–Crippen MR) is 70.8 cm³/mol. The molecule has 0 aliphatic heterocycles. The third kappa shape index (κ3) is 5.28. The molecule has 0 rings (SSSR count). The van der Waals surface area contributed by atoms with E-state index in [2.05, 4.69) is 37.9 Å². The number of rotatable bonds is 9. The number of likely N-dealkylation sites (N-methyl/N-ethyl adjacent to an activating group) is 1. The Morgan fingerprint density at radius 3 is 2.38 bits per heavy atom. The number of aliphatic hydroxyl groups is 1. The SMILES string of the molecule is CCC(C)N(CC)CCCC(C)(CO)NC. The van der Waals surface area contributed by atoms with Gasteiger partial charge in [0.25, 0.3) is 0 Å². The molecule has 0 fully saturated rings. The van der Waals surface area contributed by atoms with Crippen LogP contribution in [-0.2, 0) is 0 Å². The summed E-state index contributed by atoms with van der Waals surface area (Å²) in [6.45, 7) is 11.3. The van der Waals surface area contributed by atoms with E-state index in [9.17, 15) is 5.11 Å². The van der Waals surface area contributed by atoms with E-state index in [4.69, 9.17) is 0 Å². The lowest BCUT2D eigenvalue weighted by atomic mass is 9.97. The molecule has 0 heterocycles. The van der Waals surface area contributed by atoms with E-state index in [-0.39, 0.29) is 12.1 Å². The fourth-order valence-corrected chi connectivity index (χ4v) is 1.90. The fraction of sp³-hybridized carbons (Fsp3) is 1.00. The van der Waals surface area contributed by atoms with Crippen LogP contribution in [0.25, 0.3) is 0 Å². The van der Waals surface area contributed by atoms with Gasteiger partial charge in [0, 0.05) is 11.6 Å². The minimum absolute atomic E-state index is 0.116. The van der Waals surface area contributed by atoms with Crippen molar-refractivity contribution in [1.29, 1.82) is 0 Å². The number of nitrogens with zero attached hydrogens (tertiary/aromatic N) is 1. The van der Waals surface area contributed by atoms with Gasteiger partial charge in [-0.1, -0.05) is 13.8 Å². The lowest BCUT2D eigenvalue weighted by Gasteiger charge is -2.30. The summed E-state index contributed by atoms with van der Waals surface area (Å²) in [4.78, 5) is 2.51. The molecule has 16 heavy (non-hydrogen) atoms. The van der Waals surface area contributed by atoms with Crippen molar-refractivity contribution in [1.82, 2.24) is 10.2 Å². The zero-order valence-electron chi connectivity index (χ0n) is 11.7. The van der Waals surface area contributed by atoms with Crippen molar-refractivity contribution in [2.75, 3.05) is 26.7 Å². The van der Waals surface area contributed by atoms with Crippen molar-refractivity contribution < 1.29 is 5.11 Å². The molecule has 2 atom stereocenters. The molecule has 0 aromatic rings. The van der Waals surface area contributed by atoms with Gasteiger partial charge in [-0.2, -0.15) is 0 Å². The van der Waals surface area contributed by atoms with Gasteiger partial charge in [0.1, 0.15) is 0 Å². The van der Waals surface area contributed by atoms with Crippen LogP contribution in [0.15, 0.2) is 0 Å². The standard InChI is InChI=1S/C13H30N2O/c1-6-12(3)15(7-2)10-8-9-13(4,11-16)14-5/h12,14,16H,6-11H2,1-5H3. The summed E-state index contributed by atoms with van der Waals surface area (Å²) in [7, 11) is 1.92. The highest BCUT2D eigenvalue weighted by molar-refractivity contribution is 4.80. The Labute approximate surface area is 101 Å². The van der Waals surface area contributed by atoms with Crippen LogP contribution in [0, 0.1) is 0 Å². The van der Waals surface area contributed by atoms with Crippen LogP contribution < -0.4 is 5.32 Å². The van der Waals surface area contributed by atoms with Crippen LogP contribution in [0.1, 0.15) is 47.0 Å². The fourth-order valence-electron chi connectivity index (χ4n) is 1.90. The molecule has 98 valence electrons. The molecule has 0 aliphatic rings. The van der Waals surface area contributed by atoms with Crippen molar-refractivity contribution in [3.8, 4) is 0 Å². The Morgan fingerprint density at radius 2 is 2.00 bits per heavy atom. The van der Waals surface area contributed by atoms with Crippen molar-refractivity contribution >= 4 is 0 Å². The van der Waals surface area contributed by atoms with Crippen LogP contribution in [0.5, 0.6) is 0 Å². The average Bonchev–Trinajstić information content (AvgIpc) is 2.33. The van der Waals surface area contributed by atoms with Crippen molar-refractivity contribution in [3.63, 3.8) is 0 Å². The smallest absolute Gasteiger partial charge is 0.0610 e. The predicted octanol–water partition coefficient (Wildman–Crippen LogP) is 1.86. The molecule has 2 unspecified atom stereocenters. The molecule has 0 saturated heterocycles. The first-order valence-electron chi connectivity index (χ1n) is 6.56. The third-order valence-corrected chi connectivity index (χ3v) is 3.75. The van der Waals surface area contributed by atoms with Crippen LogP contribution in [-0.4, -0.2) is 48.3 Å². The molecule has 0 aliphatic carbocycles. The summed E-state index contributed by atoms with van der Waals surface area (Å²) < 4.78 is 0. The molecule has 0 aromatic carbocycles. The highest BCUT2D eigenvalue weighted by Crippen LogP contribution is 2.13. The van der Waals surface area contributed by atoms with Gasteiger partial charge >= 0.3 is 0 Å². The normalized spacial score (nSPS) is 17.4. The van der Waals surface area contributed by atoms with Gasteiger partial charge in [-0.25, -0.2) is 0 Å². The van der Waals surface area contributed by atoms with Crippen LogP contribution in [0.3, 0.4) is 0 Å². The minimum Gasteiger partial charge on any atom is -0.394 e. The monoisotopic (exact) mass is 230 g/mol. The topological polar surface area (TPSA) is 35.5 Å². The number of nitrogens with one attached hydrogen (secondary N) is 1. The molecule has 0 aromatic heterocycles. The molecule has 0 amide bonds. The van der Waals surface area contributed by atoms with Gasteiger partial charge in [-0.05, 0) is 53.2 Å². The van der Waals surface area contributed by atoms with Crippen molar-refractivity contribution in [3.05, 3.63) is 0 Å². The van der Waals surface area contributed by atoms with E-state index in [0.29, 0.717) is 6.04 Å². The van der Waals surface area contributed by atoms with E-state index >= 15 is 0 Å². The quantitative estimate of drug-likeness (QED) is 0.634. The molecule has 0 radical (unpaired) electrons. The zero-order valence-corrected chi connectivity index (χ0v) is 11.7. The first-order chi connectivity index (χ1) is 7.52. The van der Waals surface area contributed by atoms with Gasteiger partial charge in [0.05, 0.1) is 6.61 Å². The largest absolute Gasteiger partial charge is 0.394 e. The van der Waals surface area contributed by atoms with E-state index < -0.39 is 0 Å². The molecular weight excluding hydrogens is 200 g/mol. The minimum atomic E-state index is -0.116. The molecule has 0 saturated carbocycles. The van der Waals surface area contributed by atoms with Gasteiger partial charge in [0.2, 0.25) is 0 Å². The second-order valence-corrected chi connectivity index (χ2v) is 4.96. The van der Waals surface area contributed by atoms with Gasteiger partial charge in [0.15, 0.2) is 0 Å². The molecule has 0 bridgehead atoms. The molecule has 2 N–H and O–H groups in total. The van der Waals surface area contributed by atoms with E-state index in [1.54, 1.807) is 0 Å². The maximum atomic E-state index is 9.29. The van der Waals surface area contributed by atoms with Crippen molar-refractivity contribution in [2.24, 2.45) is 0 Å². The second-order valence-electron chi connectivity index (χ2n) is 4.96. The summed E-state index contributed by atoms with van der Waals surface area (Å²) in [6.07, 6.45) is 3.36. The summed E-state index contributed by atoms with van der Waals surface area (Å²) in [6, 6.07) is 0.667. The number of aliphatic hydroxyl groups excluding tert-OH is 1. The highest BCUT2D eigenvalue weighted by atomic mass is 16.3. The van der Waals surface area contributed by atoms with Crippen LogP contribution in [0.2, 0.25) is 0 Å². The van der Waals surface area contributed by atoms with E-state index in [1.165, 1.54) is 6.42 Å². The van der Waals surface area contributed by atoms with Crippen LogP contribution in [0.4, 0.5) is 0 Å². The molecular formula is C13H30N2O. The van der Waals surface area contributed by atoms with Gasteiger partial charge in [-0.3, -0.25) is 0 Å². The zero-order chi connectivity index (χ0) is 12.6. The number of hydrogen-bond donors (Lipinski definition) is 2. The average molecular weight is 230 g/mol. The summed E-state index contributed by atoms with van der Waals surface area (Å²) in [5, 5.41) is 12.5. The Bertz CT molecular complexity index is 169. The Kier molecular flexibility index (Phi) is 7.98. The van der Waals surface area contributed by atoms with Gasteiger partial charge < -0.3 is 15.3 Å². The third-order valence-electron chi connectivity index (χ3n) is 3.75. The van der Waals surface area contributed by atoms with E-state index in [0.717, 1.165) is 25.9 Å². The Morgan fingerprint density at radius 1 is 1.38 bits per heavy atom. The Hall–Kier alpha value is -0.120. The van der Waals surface area contributed by atoms with Crippen LogP contribution >= 0.6 is 0 Å². The van der Waals surface area contributed by atoms with E-state index in [1.807, 2.05) is 7.05 Å². The second kappa shape index (κ2) is 8.04. The maximum absolute atomic E-state index is 9.29. The molecule has 3 nitrogen and oxygen atoms in total. The summed E-state index contributed by atoms with van der Waals surface area (Å²) in [5.74, 6) is 0. The highest BCUT2D eigenvalue weighted by Gasteiger charge is 2.20. The molecule has 3 heteroatoms. The maximum Gasteiger partial charge on any atom is 0.0610 e. The first-order valence-corrected chi connectivity index (χ1v) is 6.56. The number of hydrogen-bond acceptors (Lipinski definition) is 3. The Balaban J connectivity index is 3.94.